The van der Waals surface area contributed by atoms with Crippen molar-refractivity contribution in [3.8, 4) is 10.4 Å². The highest BCUT2D eigenvalue weighted by molar-refractivity contribution is 7.13. The minimum absolute atomic E-state index is 0.0257. The summed E-state index contributed by atoms with van der Waals surface area (Å²) in [6.45, 7) is 8.50. The Kier molecular flexibility index (Phi) is 7.43. The van der Waals surface area contributed by atoms with Crippen LogP contribution in [0.4, 0.5) is 0 Å². The van der Waals surface area contributed by atoms with E-state index in [1.54, 1.807) is 23.2 Å². The molecule has 2 amide bonds. The first kappa shape index (κ1) is 22.9. The predicted molar refractivity (Wildman–Crippen MR) is 124 cm³/mol. The molecule has 1 saturated heterocycles. The maximum absolute atomic E-state index is 13.1. The third kappa shape index (κ3) is 5.50. The molecule has 31 heavy (non-hydrogen) atoms. The molecule has 1 aromatic carbocycles. The van der Waals surface area contributed by atoms with Gasteiger partial charge in [-0.1, -0.05) is 38.1 Å². The molecule has 2 atom stereocenters. The van der Waals surface area contributed by atoms with Crippen LogP contribution < -0.4 is 10.6 Å². The Bertz CT molecular complexity index is 938. The number of hydrogen-bond donors (Lipinski definition) is 3. The van der Waals surface area contributed by atoms with Gasteiger partial charge in [-0.3, -0.25) is 15.0 Å². The first-order valence-corrected chi connectivity index (χ1v) is 11.5. The number of carbonyl (C=O) groups excluding carboxylic acids is 2. The zero-order valence-electron chi connectivity index (χ0n) is 18.6. The number of amidine groups is 1. The average molecular weight is 442 g/mol. The van der Waals surface area contributed by atoms with Gasteiger partial charge in [-0.2, -0.15) is 0 Å². The Labute approximate surface area is 187 Å². The number of nitrogens with zero attached hydrogens (tertiary/aromatic N) is 2. The molecule has 1 aromatic heterocycles. The molecule has 2 aromatic rings. The van der Waals surface area contributed by atoms with E-state index in [2.05, 4.69) is 15.6 Å². The van der Waals surface area contributed by atoms with Gasteiger partial charge in [-0.05, 0) is 43.7 Å². The minimum Gasteiger partial charge on any atom is -0.362 e. The third-order valence-electron chi connectivity index (χ3n) is 5.57. The average Bonchev–Trinajstić information content (AvgIpc) is 3.39. The molecule has 0 spiro atoms. The summed E-state index contributed by atoms with van der Waals surface area (Å²) in [6, 6.07) is 7.17. The Hall–Kier alpha value is -2.74. The molecule has 166 valence electrons. The van der Waals surface area contributed by atoms with Crippen molar-refractivity contribution in [3.05, 3.63) is 41.0 Å². The van der Waals surface area contributed by atoms with E-state index >= 15 is 0 Å². The van der Waals surface area contributed by atoms with E-state index in [0.717, 1.165) is 28.1 Å². The van der Waals surface area contributed by atoms with Gasteiger partial charge in [0, 0.05) is 13.1 Å². The fraction of sp³-hybridized carbons (Fsp3) is 0.478. The molecule has 3 N–H and O–H groups in total. The summed E-state index contributed by atoms with van der Waals surface area (Å²) in [4.78, 5) is 33.1. The lowest BCUT2D eigenvalue weighted by molar-refractivity contribution is -0.140. The molecule has 3 rings (SSSR count). The lowest BCUT2D eigenvalue weighted by atomic mass is 10.0. The molecule has 0 aliphatic carbocycles. The van der Waals surface area contributed by atoms with Crippen molar-refractivity contribution in [2.24, 2.45) is 5.92 Å². The van der Waals surface area contributed by atoms with E-state index in [9.17, 15) is 9.59 Å². The number of likely N-dealkylation sites (tertiary alicyclic amines) is 1. The van der Waals surface area contributed by atoms with Crippen LogP contribution in [0.1, 0.15) is 44.9 Å². The molecule has 0 radical (unpaired) electrons. The molecule has 0 bridgehead atoms. The van der Waals surface area contributed by atoms with E-state index in [-0.39, 0.29) is 23.6 Å². The van der Waals surface area contributed by atoms with E-state index < -0.39 is 12.1 Å². The first-order valence-electron chi connectivity index (χ1n) is 10.7. The van der Waals surface area contributed by atoms with Gasteiger partial charge in [0.25, 0.3) is 0 Å². The van der Waals surface area contributed by atoms with Crippen LogP contribution in [0.3, 0.4) is 0 Å². The molecule has 8 heteroatoms. The number of aryl methyl sites for hydroxylation is 1. The monoisotopic (exact) mass is 441 g/mol. The number of rotatable bonds is 7. The standard InChI is InChI=1S/C23H31N5O2S/c1-14(2)20(27-16(4)24)23(30)28-11-5-6-19(28)22(29)25-12-17-7-9-18(10-8-17)21-15(3)26-13-31-21/h7-10,13-14,19-20H,5-6,11-12H2,1-4H3,(H2,24,27)(H,25,29)/t19-,20-/m1/s1. The summed E-state index contributed by atoms with van der Waals surface area (Å²) < 4.78 is 0. The van der Waals surface area contributed by atoms with Gasteiger partial charge in [-0.25, -0.2) is 4.98 Å². The van der Waals surface area contributed by atoms with E-state index in [4.69, 9.17) is 5.41 Å². The lowest BCUT2D eigenvalue weighted by Crippen LogP contribution is -2.54. The first-order chi connectivity index (χ1) is 14.8. The van der Waals surface area contributed by atoms with Crippen molar-refractivity contribution >= 4 is 29.0 Å². The Morgan fingerprint density at radius 1 is 1.29 bits per heavy atom. The number of hydrogen-bond acceptors (Lipinski definition) is 5. The summed E-state index contributed by atoms with van der Waals surface area (Å²) in [5, 5.41) is 13.6. The summed E-state index contributed by atoms with van der Waals surface area (Å²) in [6.07, 6.45) is 1.47. The van der Waals surface area contributed by atoms with Gasteiger partial charge < -0.3 is 15.5 Å². The third-order valence-corrected chi connectivity index (χ3v) is 6.55. The second-order valence-corrected chi connectivity index (χ2v) is 9.22. The highest BCUT2D eigenvalue weighted by atomic mass is 32.1. The van der Waals surface area contributed by atoms with E-state index in [1.807, 2.05) is 50.5 Å². The smallest absolute Gasteiger partial charge is 0.246 e. The predicted octanol–water partition coefficient (Wildman–Crippen LogP) is 3.34. The Morgan fingerprint density at radius 3 is 2.58 bits per heavy atom. The van der Waals surface area contributed by atoms with Crippen LogP contribution in [0, 0.1) is 18.3 Å². The second kappa shape index (κ2) is 10.0. The summed E-state index contributed by atoms with van der Waals surface area (Å²) in [5.41, 5.74) is 4.99. The molecule has 0 saturated carbocycles. The van der Waals surface area contributed by atoms with Crippen molar-refractivity contribution in [2.45, 2.75) is 59.2 Å². The highest BCUT2D eigenvalue weighted by Gasteiger charge is 2.38. The molecule has 1 fully saturated rings. The summed E-state index contributed by atoms with van der Waals surface area (Å²) in [5.74, 6) is 0.0489. The van der Waals surface area contributed by atoms with Gasteiger partial charge in [0.15, 0.2) is 0 Å². The van der Waals surface area contributed by atoms with Gasteiger partial charge in [0.1, 0.15) is 12.1 Å². The van der Waals surface area contributed by atoms with Crippen molar-refractivity contribution in [1.29, 1.82) is 5.41 Å². The minimum atomic E-state index is -0.492. The van der Waals surface area contributed by atoms with Crippen LogP contribution in [-0.2, 0) is 16.1 Å². The quantitative estimate of drug-likeness (QED) is 0.453. The van der Waals surface area contributed by atoms with Crippen molar-refractivity contribution < 1.29 is 9.59 Å². The fourth-order valence-corrected chi connectivity index (χ4v) is 4.70. The fourth-order valence-electron chi connectivity index (χ4n) is 3.89. The van der Waals surface area contributed by atoms with Crippen LogP contribution in [0.25, 0.3) is 10.4 Å². The van der Waals surface area contributed by atoms with E-state index in [0.29, 0.717) is 19.5 Å². The zero-order valence-corrected chi connectivity index (χ0v) is 19.4. The highest BCUT2D eigenvalue weighted by Crippen LogP contribution is 2.27. The van der Waals surface area contributed by atoms with Crippen molar-refractivity contribution in [2.75, 3.05) is 6.54 Å². The topological polar surface area (TPSA) is 98.2 Å². The molecule has 1 aliphatic heterocycles. The number of thiazole rings is 1. The van der Waals surface area contributed by atoms with Crippen LogP contribution >= 0.6 is 11.3 Å². The van der Waals surface area contributed by atoms with Gasteiger partial charge in [0.2, 0.25) is 11.8 Å². The number of nitrogens with one attached hydrogen (secondary N) is 3. The van der Waals surface area contributed by atoms with Crippen LogP contribution in [0.15, 0.2) is 29.8 Å². The Balaban J connectivity index is 1.61. The maximum atomic E-state index is 13.1. The molecular formula is C23H31N5O2S. The molecule has 0 unspecified atom stereocenters. The maximum Gasteiger partial charge on any atom is 0.246 e. The number of carbonyl (C=O) groups is 2. The summed E-state index contributed by atoms with van der Waals surface area (Å²) >= 11 is 1.62. The van der Waals surface area contributed by atoms with Crippen LogP contribution in [0.5, 0.6) is 0 Å². The number of amides is 2. The van der Waals surface area contributed by atoms with Gasteiger partial charge >= 0.3 is 0 Å². The second-order valence-electron chi connectivity index (χ2n) is 8.36. The van der Waals surface area contributed by atoms with Crippen molar-refractivity contribution in [3.63, 3.8) is 0 Å². The van der Waals surface area contributed by atoms with Crippen LogP contribution in [-0.4, -0.2) is 46.2 Å². The Morgan fingerprint density at radius 2 is 2.00 bits per heavy atom. The number of aromatic nitrogens is 1. The lowest BCUT2D eigenvalue weighted by Gasteiger charge is -2.30. The summed E-state index contributed by atoms with van der Waals surface area (Å²) in [7, 11) is 0. The van der Waals surface area contributed by atoms with E-state index in [1.165, 1.54) is 0 Å². The van der Waals surface area contributed by atoms with Crippen LogP contribution in [0.2, 0.25) is 0 Å². The number of benzene rings is 1. The normalized spacial score (nSPS) is 16.9. The van der Waals surface area contributed by atoms with Gasteiger partial charge in [-0.15, -0.1) is 11.3 Å². The SMILES string of the molecule is CC(=N)N[C@@H](C(=O)N1CCC[C@@H]1C(=O)NCc1ccc(-c2scnc2C)cc1)C(C)C. The van der Waals surface area contributed by atoms with Crippen molar-refractivity contribution in [1.82, 2.24) is 20.5 Å². The zero-order chi connectivity index (χ0) is 22.5. The molecule has 7 nitrogen and oxygen atoms in total. The van der Waals surface area contributed by atoms with Gasteiger partial charge in [0.05, 0.1) is 21.9 Å². The molecule has 1 aliphatic rings. The largest absolute Gasteiger partial charge is 0.362 e. The molecular weight excluding hydrogens is 410 g/mol. The molecule has 2 heterocycles.